The fraction of sp³-hybridized carbons (Fsp3) is 0.963. The summed E-state index contributed by atoms with van der Waals surface area (Å²) in [5.74, 6) is 0. The Morgan fingerprint density at radius 3 is 1.00 bits per heavy atom. The maximum Gasteiger partial charge on any atom is 0.507 e. The van der Waals surface area contributed by atoms with Gasteiger partial charge in [0.25, 0.3) is 0 Å². The first-order valence-corrected chi connectivity index (χ1v) is 13.5. The van der Waals surface area contributed by atoms with Crippen LogP contribution in [0.4, 0.5) is 4.79 Å². The van der Waals surface area contributed by atoms with Crippen LogP contribution >= 0.6 is 0 Å². The maximum absolute atomic E-state index is 10.8. The van der Waals surface area contributed by atoms with Crippen LogP contribution in [0, 0.1) is 0 Å². The summed E-state index contributed by atoms with van der Waals surface area (Å²) in [6, 6.07) is 0. The van der Waals surface area contributed by atoms with E-state index in [4.69, 9.17) is 4.74 Å². The molecule has 180 valence electrons. The molecule has 0 radical (unpaired) electrons. The van der Waals surface area contributed by atoms with Gasteiger partial charge < -0.3 is 9.47 Å². The highest BCUT2D eigenvalue weighted by Gasteiger charge is 1.99. The zero-order chi connectivity index (χ0) is 22.0. The molecule has 0 atom stereocenters. The minimum atomic E-state index is -0.561. The third-order valence-electron chi connectivity index (χ3n) is 6.13. The monoisotopic (exact) mass is 426 g/mol. The number of unbranched alkanes of at least 4 members (excludes halogenated alkanes) is 22. The van der Waals surface area contributed by atoms with E-state index < -0.39 is 6.16 Å². The van der Waals surface area contributed by atoms with E-state index in [1.807, 2.05) is 0 Å². The predicted molar refractivity (Wildman–Crippen MR) is 130 cm³/mol. The first kappa shape index (κ1) is 29.3. The second-order valence-electron chi connectivity index (χ2n) is 9.08. The SMILES string of the molecule is CCCCCCCCCCCCCCCCCCCCCCCCCOC(=O)OC. The summed E-state index contributed by atoms with van der Waals surface area (Å²) in [4.78, 5) is 10.8. The van der Waals surface area contributed by atoms with Gasteiger partial charge in [-0.2, -0.15) is 0 Å². The molecule has 0 aromatic rings. The molecule has 0 aliphatic carbocycles. The molecule has 0 heterocycles. The molecular formula is C27H54O3. The van der Waals surface area contributed by atoms with Crippen molar-refractivity contribution in [1.29, 1.82) is 0 Å². The minimum Gasteiger partial charge on any atom is -0.438 e. The van der Waals surface area contributed by atoms with Crippen molar-refractivity contribution in [3.8, 4) is 0 Å². The van der Waals surface area contributed by atoms with Crippen molar-refractivity contribution in [2.24, 2.45) is 0 Å². The van der Waals surface area contributed by atoms with Crippen LogP contribution in [0.25, 0.3) is 0 Å². The average molecular weight is 427 g/mol. The summed E-state index contributed by atoms with van der Waals surface area (Å²) in [5.41, 5.74) is 0. The predicted octanol–water partition coefficient (Wildman–Crippen LogP) is 9.76. The van der Waals surface area contributed by atoms with E-state index >= 15 is 0 Å². The molecular weight excluding hydrogens is 372 g/mol. The number of ether oxygens (including phenoxy) is 2. The molecule has 30 heavy (non-hydrogen) atoms. The van der Waals surface area contributed by atoms with E-state index in [1.165, 1.54) is 142 Å². The van der Waals surface area contributed by atoms with E-state index in [2.05, 4.69) is 11.7 Å². The van der Waals surface area contributed by atoms with Gasteiger partial charge in [-0.15, -0.1) is 0 Å². The van der Waals surface area contributed by atoms with Gasteiger partial charge in [-0.3, -0.25) is 0 Å². The summed E-state index contributed by atoms with van der Waals surface area (Å²) in [6.07, 6.45) is 31.4. The van der Waals surface area contributed by atoms with Crippen molar-refractivity contribution in [1.82, 2.24) is 0 Å². The van der Waals surface area contributed by atoms with E-state index in [-0.39, 0.29) is 0 Å². The van der Waals surface area contributed by atoms with Crippen LogP contribution in [0.5, 0.6) is 0 Å². The highest BCUT2D eigenvalue weighted by Crippen LogP contribution is 2.15. The molecule has 0 fully saturated rings. The van der Waals surface area contributed by atoms with Gasteiger partial charge in [0.15, 0.2) is 0 Å². The Bertz CT molecular complexity index is 330. The molecule has 0 N–H and O–H groups in total. The molecule has 0 rings (SSSR count). The molecule has 0 aromatic heterocycles. The largest absolute Gasteiger partial charge is 0.507 e. The first-order chi connectivity index (χ1) is 14.8. The van der Waals surface area contributed by atoms with Gasteiger partial charge in [0, 0.05) is 0 Å². The lowest BCUT2D eigenvalue weighted by molar-refractivity contribution is 0.0713. The third kappa shape index (κ3) is 25.3. The van der Waals surface area contributed by atoms with Crippen LogP contribution in [0.15, 0.2) is 0 Å². The Balaban J connectivity index is 3.01. The molecule has 3 heteroatoms. The van der Waals surface area contributed by atoms with Crippen LogP contribution in [-0.4, -0.2) is 19.9 Å². The Morgan fingerprint density at radius 2 is 0.733 bits per heavy atom. The first-order valence-electron chi connectivity index (χ1n) is 13.5. The van der Waals surface area contributed by atoms with Gasteiger partial charge in [0.2, 0.25) is 0 Å². The lowest BCUT2D eigenvalue weighted by Gasteiger charge is -2.04. The molecule has 0 bridgehead atoms. The van der Waals surface area contributed by atoms with E-state index in [0.29, 0.717) is 6.61 Å². The van der Waals surface area contributed by atoms with E-state index in [1.54, 1.807) is 0 Å². The molecule has 0 aliphatic rings. The average Bonchev–Trinajstić information content (AvgIpc) is 2.76. The van der Waals surface area contributed by atoms with E-state index in [9.17, 15) is 4.79 Å². The van der Waals surface area contributed by atoms with Crippen molar-refractivity contribution in [3.63, 3.8) is 0 Å². The van der Waals surface area contributed by atoms with Crippen LogP contribution in [0.1, 0.15) is 155 Å². The van der Waals surface area contributed by atoms with Gasteiger partial charge in [0.1, 0.15) is 0 Å². The second kappa shape index (κ2) is 26.3. The number of methoxy groups -OCH3 is 1. The maximum atomic E-state index is 10.8. The fourth-order valence-corrected chi connectivity index (χ4v) is 4.10. The normalized spacial score (nSPS) is 11.0. The van der Waals surface area contributed by atoms with Crippen LogP contribution < -0.4 is 0 Å². The van der Waals surface area contributed by atoms with Crippen molar-refractivity contribution in [3.05, 3.63) is 0 Å². The Labute approximate surface area is 189 Å². The molecule has 0 aliphatic heterocycles. The van der Waals surface area contributed by atoms with Gasteiger partial charge in [-0.1, -0.05) is 148 Å². The summed E-state index contributed by atoms with van der Waals surface area (Å²) >= 11 is 0. The van der Waals surface area contributed by atoms with Crippen LogP contribution in [0.3, 0.4) is 0 Å². The Hall–Kier alpha value is -0.730. The molecule has 0 aromatic carbocycles. The second-order valence-corrected chi connectivity index (χ2v) is 9.08. The van der Waals surface area contributed by atoms with Gasteiger partial charge in [-0.25, -0.2) is 4.79 Å². The summed E-state index contributed by atoms with van der Waals surface area (Å²) in [5, 5.41) is 0. The molecule has 3 nitrogen and oxygen atoms in total. The topological polar surface area (TPSA) is 35.5 Å². The summed E-state index contributed by atoms with van der Waals surface area (Å²) < 4.78 is 9.32. The van der Waals surface area contributed by atoms with Crippen LogP contribution in [-0.2, 0) is 9.47 Å². The highest BCUT2D eigenvalue weighted by molar-refractivity contribution is 5.59. The van der Waals surface area contributed by atoms with Gasteiger partial charge in [0.05, 0.1) is 13.7 Å². The van der Waals surface area contributed by atoms with Crippen molar-refractivity contribution >= 4 is 6.16 Å². The lowest BCUT2D eigenvalue weighted by Crippen LogP contribution is -2.05. The number of carbonyl (C=O) groups is 1. The van der Waals surface area contributed by atoms with E-state index in [0.717, 1.165) is 12.8 Å². The highest BCUT2D eigenvalue weighted by atomic mass is 16.7. The number of carbonyl (C=O) groups excluding carboxylic acids is 1. The smallest absolute Gasteiger partial charge is 0.438 e. The van der Waals surface area contributed by atoms with Crippen molar-refractivity contribution in [2.45, 2.75) is 155 Å². The summed E-state index contributed by atoms with van der Waals surface area (Å²) in [6.45, 7) is 2.78. The Kier molecular flexibility index (Phi) is 25.7. The van der Waals surface area contributed by atoms with Crippen molar-refractivity contribution < 1.29 is 14.3 Å². The summed E-state index contributed by atoms with van der Waals surface area (Å²) in [7, 11) is 1.35. The minimum absolute atomic E-state index is 0.492. The molecule has 0 amide bonds. The number of hydrogen-bond donors (Lipinski definition) is 0. The number of hydrogen-bond acceptors (Lipinski definition) is 3. The molecule has 0 unspecified atom stereocenters. The third-order valence-corrected chi connectivity index (χ3v) is 6.13. The van der Waals surface area contributed by atoms with Gasteiger partial charge in [-0.05, 0) is 6.42 Å². The molecule has 0 saturated carbocycles. The Morgan fingerprint density at radius 1 is 0.467 bits per heavy atom. The fourth-order valence-electron chi connectivity index (χ4n) is 4.10. The molecule has 0 saturated heterocycles. The lowest BCUT2D eigenvalue weighted by atomic mass is 10.0. The zero-order valence-electron chi connectivity index (χ0n) is 20.7. The quantitative estimate of drug-likeness (QED) is 0.114. The standard InChI is InChI=1S/C27H54O3/c1-3-4-5-6-7-8-9-10-11-12-13-14-15-16-17-18-19-20-21-22-23-24-25-26-30-27(28)29-2/h3-26H2,1-2H3. The van der Waals surface area contributed by atoms with Crippen molar-refractivity contribution in [2.75, 3.05) is 13.7 Å². The zero-order valence-corrected chi connectivity index (χ0v) is 20.7. The number of rotatable bonds is 24. The van der Waals surface area contributed by atoms with Gasteiger partial charge >= 0.3 is 6.16 Å². The molecule has 0 spiro atoms. The van der Waals surface area contributed by atoms with Crippen LogP contribution in [0.2, 0.25) is 0 Å².